The van der Waals surface area contributed by atoms with E-state index in [-0.39, 0.29) is 22.9 Å². The molecule has 4 rings (SSSR count). The summed E-state index contributed by atoms with van der Waals surface area (Å²) in [5.41, 5.74) is 2.41. The zero-order chi connectivity index (χ0) is 21.1. The molecule has 3 aromatic rings. The second-order valence-electron chi connectivity index (χ2n) is 6.71. The molecular formula is C25H17ClO4. The molecule has 0 amide bonds. The van der Waals surface area contributed by atoms with E-state index < -0.39 is 5.97 Å². The van der Waals surface area contributed by atoms with Crippen molar-refractivity contribution in [3.05, 3.63) is 112 Å². The second-order valence-corrected chi connectivity index (χ2v) is 7.12. The highest BCUT2D eigenvalue weighted by atomic mass is 35.5. The van der Waals surface area contributed by atoms with E-state index in [1.54, 1.807) is 49.4 Å². The summed E-state index contributed by atoms with van der Waals surface area (Å²) in [5, 5.41) is 0.308. The number of Topliss-reactive ketones (excluding diaryl/α,β-unsaturated/α-hetero) is 1. The van der Waals surface area contributed by atoms with Gasteiger partial charge in [0.15, 0.2) is 5.76 Å². The lowest BCUT2D eigenvalue weighted by molar-refractivity contribution is 0.0734. The topological polar surface area (TPSA) is 52.6 Å². The van der Waals surface area contributed by atoms with E-state index in [4.69, 9.17) is 21.1 Å². The number of benzene rings is 3. The fourth-order valence-corrected chi connectivity index (χ4v) is 3.36. The van der Waals surface area contributed by atoms with Crippen molar-refractivity contribution in [2.24, 2.45) is 0 Å². The molecule has 148 valence electrons. The Bertz CT molecular complexity index is 1190. The van der Waals surface area contributed by atoms with Crippen LogP contribution in [0.2, 0.25) is 5.02 Å². The Morgan fingerprint density at radius 3 is 2.53 bits per heavy atom. The fraction of sp³-hybridized carbons (Fsp3) is 0.0400. The maximum Gasteiger partial charge on any atom is 0.345 e. The number of carbonyl (C=O) groups excluding carboxylic acids is 2. The summed E-state index contributed by atoms with van der Waals surface area (Å²) in [6.07, 6.45) is 5.28. The minimum absolute atomic E-state index is 0.204. The molecule has 1 aliphatic heterocycles. The normalized spacial score (nSPS) is 14.1. The molecule has 0 N–H and O–H groups in total. The molecule has 0 spiro atoms. The van der Waals surface area contributed by atoms with Crippen molar-refractivity contribution in [2.75, 3.05) is 0 Å². The first-order chi connectivity index (χ1) is 14.5. The van der Waals surface area contributed by atoms with Crippen molar-refractivity contribution in [1.82, 2.24) is 0 Å². The van der Waals surface area contributed by atoms with E-state index in [0.29, 0.717) is 21.9 Å². The number of carbonyl (C=O) groups is 2. The fourth-order valence-electron chi connectivity index (χ4n) is 3.15. The van der Waals surface area contributed by atoms with Gasteiger partial charge in [0.05, 0.1) is 16.1 Å². The van der Waals surface area contributed by atoms with E-state index in [0.717, 1.165) is 5.56 Å². The molecule has 5 heteroatoms. The Balaban J connectivity index is 1.55. The van der Waals surface area contributed by atoms with Crippen molar-refractivity contribution < 1.29 is 19.1 Å². The van der Waals surface area contributed by atoms with Gasteiger partial charge >= 0.3 is 5.97 Å². The minimum Gasteiger partial charge on any atom is -0.452 e. The first-order valence-corrected chi connectivity index (χ1v) is 9.68. The number of esters is 1. The van der Waals surface area contributed by atoms with Crippen molar-refractivity contribution in [1.29, 1.82) is 0 Å². The van der Waals surface area contributed by atoms with Gasteiger partial charge < -0.3 is 9.47 Å². The number of hydrogen-bond donors (Lipinski definition) is 0. The van der Waals surface area contributed by atoms with Gasteiger partial charge in [-0.25, -0.2) is 4.79 Å². The Labute approximate surface area is 179 Å². The highest BCUT2D eigenvalue weighted by Gasteiger charge is 2.30. The molecular weight excluding hydrogens is 400 g/mol. The average Bonchev–Trinajstić information content (AvgIpc) is 3.05. The van der Waals surface area contributed by atoms with Crippen LogP contribution in [0.3, 0.4) is 0 Å². The molecule has 30 heavy (non-hydrogen) atoms. The number of aryl methyl sites for hydroxylation is 1. The highest BCUT2D eigenvalue weighted by molar-refractivity contribution is 6.33. The number of fused-ring (bicyclic) bond motifs is 1. The molecule has 1 aliphatic rings. The van der Waals surface area contributed by atoms with Gasteiger partial charge in [0.2, 0.25) is 5.78 Å². The van der Waals surface area contributed by atoms with Crippen LogP contribution in [-0.4, -0.2) is 11.8 Å². The number of ether oxygens (including phenoxy) is 2. The average molecular weight is 417 g/mol. The summed E-state index contributed by atoms with van der Waals surface area (Å²) < 4.78 is 11.2. The highest BCUT2D eigenvalue weighted by Crippen LogP contribution is 2.37. The number of allylic oxidation sites excluding steroid dienone is 3. The number of rotatable bonds is 4. The summed E-state index contributed by atoms with van der Waals surface area (Å²) in [4.78, 5) is 25.1. The molecule has 0 unspecified atom stereocenters. The van der Waals surface area contributed by atoms with Crippen LogP contribution in [0.5, 0.6) is 11.5 Å². The van der Waals surface area contributed by atoms with Gasteiger partial charge in [-0.05, 0) is 42.3 Å². The van der Waals surface area contributed by atoms with Gasteiger partial charge in [-0.3, -0.25) is 4.79 Å². The summed E-state index contributed by atoms with van der Waals surface area (Å²) in [6, 6.07) is 19.6. The summed E-state index contributed by atoms with van der Waals surface area (Å²) in [5.74, 6) is 0.0799. The summed E-state index contributed by atoms with van der Waals surface area (Å²) in [6.45, 7) is 1.77. The van der Waals surface area contributed by atoms with Crippen LogP contribution in [0.15, 0.2) is 84.6 Å². The molecule has 0 radical (unpaired) electrons. The maximum atomic E-state index is 12.7. The van der Waals surface area contributed by atoms with Crippen LogP contribution in [0, 0.1) is 6.92 Å². The third kappa shape index (κ3) is 4.04. The van der Waals surface area contributed by atoms with E-state index in [2.05, 4.69) is 0 Å². The standard InChI is InChI=1S/C25H17ClO4/c1-16-14-18(29-25(28)19-11-5-6-12-20(19)26)15-22-23(16)24(27)21(30-22)13-7-10-17-8-3-2-4-9-17/h2-15H,1H3/b10-7+,21-13-. The van der Waals surface area contributed by atoms with E-state index in [9.17, 15) is 9.59 Å². The predicted molar refractivity (Wildman–Crippen MR) is 116 cm³/mol. The van der Waals surface area contributed by atoms with Crippen LogP contribution in [-0.2, 0) is 0 Å². The van der Waals surface area contributed by atoms with Crippen LogP contribution in [0.1, 0.15) is 31.8 Å². The molecule has 1 heterocycles. The lowest BCUT2D eigenvalue weighted by Crippen LogP contribution is -2.09. The molecule has 0 aromatic heterocycles. The van der Waals surface area contributed by atoms with Crippen LogP contribution < -0.4 is 9.47 Å². The van der Waals surface area contributed by atoms with Crippen LogP contribution in [0.4, 0.5) is 0 Å². The second kappa shape index (κ2) is 8.39. The lowest BCUT2D eigenvalue weighted by Gasteiger charge is -2.08. The third-order valence-corrected chi connectivity index (χ3v) is 4.91. The Hall–Kier alpha value is -3.63. The molecule has 0 bridgehead atoms. The molecule has 0 aliphatic carbocycles. The molecule has 0 saturated heterocycles. The largest absolute Gasteiger partial charge is 0.452 e. The van der Waals surface area contributed by atoms with Gasteiger partial charge in [-0.1, -0.05) is 66.2 Å². The van der Waals surface area contributed by atoms with E-state index in [1.165, 1.54) is 6.07 Å². The third-order valence-electron chi connectivity index (χ3n) is 4.58. The minimum atomic E-state index is -0.578. The predicted octanol–water partition coefficient (Wildman–Crippen LogP) is 6.04. The molecule has 3 aromatic carbocycles. The van der Waals surface area contributed by atoms with Gasteiger partial charge in [0.25, 0.3) is 0 Å². The van der Waals surface area contributed by atoms with E-state index in [1.807, 2.05) is 36.4 Å². The number of ketones is 1. The zero-order valence-electron chi connectivity index (χ0n) is 16.1. The number of halogens is 1. The van der Waals surface area contributed by atoms with Gasteiger partial charge in [0.1, 0.15) is 11.5 Å². The van der Waals surface area contributed by atoms with Crippen molar-refractivity contribution in [2.45, 2.75) is 6.92 Å². The van der Waals surface area contributed by atoms with E-state index >= 15 is 0 Å². The SMILES string of the molecule is Cc1cc(OC(=O)c2ccccc2Cl)cc2c1C(=O)/C(=C/C=C/c1ccccc1)O2. The first kappa shape index (κ1) is 19.7. The Morgan fingerprint density at radius 1 is 1.03 bits per heavy atom. The summed E-state index contributed by atoms with van der Waals surface area (Å²) in [7, 11) is 0. The lowest BCUT2D eigenvalue weighted by atomic mass is 10.0. The van der Waals surface area contributed by atoms with Gasteiger partial charge in [0, 0.05) is 6.07 Å². The quantitative estimate of drug-likeness (QED) is 0.295. The van der Waals surface area contributed by atoms with Crippen molar-refractivity contribution >= 4 is 29.4 Å². The van der Waals surface area contributed by atoms with Crippen molar-refractivity contribution in [3.63, 3.8) is 0 Å². The first-order valence-electron chi connectivity index (χ1n) is 9.30. The summed E-state index contributed by atoms with van der Waals surface area (Å²) >= 11 is 6.06. The molecule has 0 atom stereocenters. The Morgan fingerprint density at radius 2 is 1.77 bits per heavy atom. The zero-order valence-corrected chi connectivity index (χ0v) is 16.8. The maximum absolute atomic E-state index is 12.7. The monoisotopic (exact) mass is 416 g/mol. The Kier molecular flexibility index (Phi) is 5.50. The van der Waals surface area contributed by atoms with Crippen LogP contribution in [0.25, 0.3) is 6.08 Å². The van der Waals surface area contributed by atoms with Crippen molar-refractivity contribution in [3.8, 4) is 11.5 Å². The van der Waals surface area contributed by atoms with Crippen LogP contribution >= 0.6 is 11.6 Å². The number of hydrogen-bond acceptors (Lipinski definition) is 4. The van der Waals surface area contributed by atoms with Gasteiger partial charge in [-0.15, -0.1) is 0 Å². The van der Waals surface area contributed by atoms with Gasteiger partial charge in [-0.2, -0.15) is 0 Å². The smallest absolute Gasteiger partial charge is 0.345 e. The molecule has 0 fully saturated rings. The molecule has 0 saturated carbocycles. The molecule has 4 nitrogen and oxygen atoms in total.